The van der Waals surface area contributed by atoms with Gasteiger partial charge in [0.2, 0.25) is 0 Å². The van der Waals surface area contributed by atoms with Crippen molar-refractivity contribution in [3.8, 4) is 0 Å². The van der Waals surface area contributed by atoms with Crippen LogP contribution in [-0.2, 0) is 11.8 Å². The minimum atomic E-state index is -0.253. The van der Waals surface area contributed by atoms with E-state index in [1.165, 1.54) is 37.8 Å². The summed E-state index contributed by atoms with van der Waals surface area (Å²) >= 11 is 0. The van der Waals surface area contributed by atoms with E-state index in [-0.39, 0.29) is 6.09 Å². The molecule has 2 aliphatic rings. The SMILES string of the molecule is Cn1nccc1[C@@H]1C[C@H]1CNC(=O)OCC1CCCCC1. The van der Waals surface area contributed by atoms with Gasteiger partial charge in [-0.2, -0.15) is 5.10 Å². The number of alkyl carbamates (subject to hydrolysis) is 1. The molecule has 0 saturated heterocycles. The summed E-state index contributed by atoms with van der Waals surface area (Å²) in [5, 5.41) is 7.10. The summed E-state index contributed by atoms with van der Waals surface area (Å²) in [7, 11) is 1.97. The highest BCUT2D eigenvalue weighted by atomic mass is 16.5. The van der Waals surface area contributed by atoms with Gasteiger partial charge in [0, 0.05) is 31.4 Å². The van der Waals surface area contributed by atoms with E-state index < -0.39 is 0 Å². The molecule has 5 nitrogen and oxygen atoms in total. The fourth-order valence-electron chi connectivity index (χ4n) is 3.40. The van der Waals surface area contributed by atoms with Crippen LogP contribution in [0.5, 0.6) is 0 Å². The minimum absolute atomic E-state index is 0.253. The Morgan fingerprint density at radius 2 is 2.24 bits per heavy atom. The molecule has 3 rings (SSSR count). The molecule has 116 valence electrons. The number of nitrogens with zero attached hydrogens (tertiary/aromatic N) is 2. The van der Waals surface area contributed by atoms with Gasteiger partial charge in [-0.3, -0.25) is 4.68 Å². The van der Waals surface area contributed by atoms with Crippen LogP contribution in [0.3, 0.4) is 0 Å². The molecule has 0 aromatic carbocycles. The monoisotopic (exact) mass is 291 g/mol. The molecule has 1 amide bonds. The van der Waals surface area contributed by atoms with Crippen LogP contribution in [0, 0.1) is 11.8 Å². The lowest BCUT2D eigenvalue weighted by Gasteiger charge is -2.21. The van der Waals surface area contributed by atoms with Crippen molar-refractivity contribution in [2.24, 2.45) is 18.9 Å². The maximum Gasteiger partial charge on any atom is 0.407 e. The summed E-state index contributed by atoms with van der Waals surface area (Å²) in [6.07, 6.45) is 9.01. The number of amides is 1. The van der Waals surface area contributed by atoms with Crippen LogP contribution in [0.15, 0.2) is 12.3 Å². The first kappa shape index (κ1) is 14.4. The molecular weight excluding hydrogens is 266 g/mol. The number of aromatic nitrogens is 2. The van der Waals surface area contributed by atoms with E-state index in [0.717, 1.165) is 6.42 Å². The Kier molecular flexibility index (Phi) is 4.46. The summed E-state index contributed by atoms with van der Waals surface area (Å²) in [6, 6.07) is 2.06. The van der Waals surface area contributed by atoms with E-state index in [2.05, 4.69) is 16.5 Å². The number of hydrogen-bond acceptors (Lipinski definition) is 3. The lowest BCUT2D eigenvalue weighted by molar-refractivity contribution is 0.115. The van der Waals surface area contributed by atoms with Gasteiger partial charge in [-0.25, -0.2) is 4.79 Å². The highest BCUT2D eigenvalue weighted by Crippen LogP contribution is 2.46. The summed E-state index contributed by atoms with van der Waals surface area (Å²) in [5.41, 5.74) is 1.26. The summed E-state index contributed by atoms with van der Waals surface area (Å²) in [5.74, 6) is 1.64. The fraction of sp³-hybridized carbons (Fsp3) is 0.750. The molecule has 0 unspecified atom stereocenters. The molecule has 1 N–H and O–H groups in total. The van der Waals surface area contributed by atoms with Gasteiger partial charge in [-0.15, -0.1) is 0 Å². The molecule has 2 saturated carbocycles. The van der Waals surface area contributed by atoms with Gasteiger partial charge >= 0.3 is 6.09 Å². The number of rotatable bonds is 5. The van der Waals surface area contributed by atoms with E-state index in [9.17, 15) is 4.79 Å². The van der Waals surface area contributed by atoms with Crippen LogP contribution in [0.1, 0.15) is 50.1 Å². The number of ether oxygens (including phenoxy) is 1. The third-order valence-corrected chi connectivity index (χ3v) is 4.84. The van der Waals surface area contributed by atoms with Crippen molar-refractivity contribution in [3.63, 3.8) is 0 Å². The number of hydrogen-bond donors (Lipinski definition) is 1. The Labute approximate surface area is 126 Å². The van der Waals surface area contributed by atoms with Crippen molar-refractivity contribution in [1.29, 1.82) is 0 Å². The predicted molar refractivity (Wildman–Crippen MR) is 80.0 cm³/mol. The van der Waals surface area contributed by atoms with Crippen molar-refractivity contribution in [2.75, 3.05) is 13.2 Å². The molecule has 0 radical (unpaired) electrons. The van der Waals surface area contributed by atoms with Crippen molar-refractivity contribution in [2.45, 2.75) is 44.4 Å². The molecule has 0 aliphatic heterocycles. The molecule has 2 atom stereocenters. The normalized spacial score (nSPS) is 25.6. The smallest absolute Gasteiger partial charge is 0.407 e. The van der Waals surface area contributed by atoms with Crippen LogP contribution in [0.4, 0.5) is 4.79 Å². The molecule has 1 heterocycles. The van der Waals surface area contributed by atoms with Gasteiger partial charge in [-0.1, -0.05) is 19.3 Å². The summed E-state index contributed by atoms with van der Waals surface area (Å²) in [6.45, 7) is 1.29. The van der Waals surface area contributed by atoms with Crippen molar-refractivity contribution >= 4 is 6.09 Å². The van der Waals surface area contributed by atoms with Gasteiger partial charge in [0.15, 0.2) is 0 Å². The largest absolute Gasteiger partial charge is 0.449 e. The van der Waals surface area contributed by atoms with Crippen molar-refractivity contribution in [1.82, 2.24) is 15.1 Å². The van der Waals surface area contributed by atoms with Crippen LogP contribution < -0.4 is 5.32 Å². The molecule has 21 heavy (non-hydrogen) atoms. The van der Waals surface area contributed by atoms with Gasteiger partial charge in [0.1, 0.15) is 0 Å². The average molecular weight is 291 g/mol. The maximum atomic E-state index is 11.7. The zero-order chi connectivity index (χ0) is 14.7. The summed E-state index contributed by atoms with van der Waals surface area (Å²) in [4.78, 5) is 11.7. The number of carbonyl (C=O) groups is 1. The summed E-state index contributed by atoms with van der Waals surface area (Å²) < 4.78 is 7.26. The Bertz CT molecular complexity index is 480. The molecule has 0 spiro atoms. The number of aryl methyl sites for hydroxylation is 1. The van der Waals surface area contributed by atoms with Crippen molar-refractivity contribution in [3.05, 3.63) is 18.0 Å². The Morgan fingerprint density at radius 1 is 1.43 bits per heavy atom. The van der Waals surface area contributed by atoms with E-state index in [1.807, 2.05) is 17.9 Å². The minimum Gasteiger partial charge on any atom is -0.449 e. The molecule has 1 aromatic heterocycles. The predicted octanol–water partition coefficient (Wildman–Crippen LogP) is 2.83. The topological polar surface area (TPSA) is 56.2 Å². The molecule has 5 heteroatoms. The average Bonchev–Trinajstić information content (AvgIpc) is 3.16. The second-order valence-corrected chi connectivity index (χ2v) is 6.47. The molecule has 1 aromatic rings. The van der Waals surface area contributed by atoms with Crippen LogP contribution in [0.2, 0.25) is 0 Å². The third kappa shape index (κ3) is 3.77. The number of nitrogens with one attached hydrogen (secondary N) is 1. The molecular formula is C16H25N3O2. The zero-order valence-corrected chi connectivity index (χ0v) is 12.8. The third-order valence-electron chi connectivity index (χ3n) is 4.84. The molecule has 2 aliphatic carbocycles. The van der Waals surface area contributed by atoms with Gasteiger partial charge in [-0.05, 0) is 37.2 Å². The Morgan fingerprint density at radius 3 is 2.95 bits per heavy atom. The van der Waals surface area contributed by atoms with E-state index in [0.29, 0.717) is 30.9 Å². The first-order chi connectivity index (χ1) is 10.2. The zero-order valence-electron chi connectivity index (χ0n) is 12.8. The van der Waals surface area contributed by atoms with E-state index >= 15 is 0 Å². The van der Waals surface area contributed by atoms with Crippen LogP contribution >= 0.6 is 0 Å². The lowest BCUT2D eigenvalue weighted by atomic mass is 9.90. The van der Waals surface area contributed by atoms with E-state index in [4.69, 9.17) is 4.74 Å². The molecule has 2 fully saturated rings. The Balaban J connectivity index is 1.33. The van der Waals surface area contributed by atoms with E-state index in [1.54, 1.807) is 0 Å². The van der Waals surface area contributed by atoms with Crippen LogP contribution in [0.25, 0.3) is 0 Å². The lowest BCUT2D eigenvalue weighted by Crippen LogP contribution is -2.29. The van der Waals surface area contributed by atoms with Gasteiger partial charge in [0.25, 0.3) is 0 Å². The first-order valence-corrected chi connectivity index (χ1v) is 8.12. The maximum absolute atomic E-state index is 11.7. The standard InChI is InChI=1S/C16H25N3O2/c1-19-15(7-8-18-19)14-9-13(14)10-17-16(20)21-11-12-5-3-2-4-6-12/h7-8,12-14H,2-6,9-11H2,1H3,(H,17,20)/t13-,14+/m0/s1. The second-order valence-electron chi connectivity index (χ2n) is 6.47. The first-order valence-electron chi connectivity index (χ1n) is 8.12. The van der Waals surface area contributed by atoms with Crippen molar-refractivity contribution < 1.29 is 9.53 Å². The Hall–Kier alpha value is -1.52. The number of carbonyl (C=O) groups excluding carboxylic acids is 1. The quantitative estimate of drug-likeness (QED) is 0.907. The highest BCUT2D eigenvalue weighted by molar-refractivity contribution is 5.67. The highest BCUT2D eigenvalue weighted by Gasteiger charge is 2.40. The van der Waals surface area contributed by atoms with Gasteiger partial charge < -0.3 is 10.1 Å². The van der Waals surface area contributed by atoms with Gasteiger partial charge in [0.05, 0.1) is 6.61 Å². The molecule has 0 bridgehead atoms. The second kappa shape index (κ2) is 6.50. The van der Waals surface area contributed by atoms with Crippen LogP contribution in [-0.4, -0.2) is 29.0 Å². The fourth-order valence-corrected chi connectivity index (χ4v) is 3.40.